The van der Waals surface area contributed by atoms with Gasteiger partial charge in [0.05, 0.1) is 10.8 Å². The van der Waals surface area contributed by atoms with Crippen LogP contribution < -0.4 is 4.72 Å². The van der Waals surface area contributed by atoms with E-state index in [1.54, 1.807) is 26.2 Å². The molecule has 1 aromatic rings. The second-order valence-corrected chi connectivity index (χ2v) is 6.51. The van der Waals surface area contributed by atoms with Gasteiger partial charge in [-0.25, -0.2) is 13.1 Å². The van der Waals surface area contributed by atoms with Crippen LogP contribution in [0.5, 0.6) is 0 Å². The predicted octanol–water partition coefficient (Wildman–Crippen LogP) is 1.91. The molecule has 0 fully saturated rings. The summed E-state index contributed by atoms with van der Waals surface area (Å²) in [7, 11) is -3.55. The molecule has 4 nitrogen and oxygen atoms in total. The zero-order valence-corrected chi connectivity index (χ0v) is 11.1. The number of hydrogen-bond acceptors (Lipinski definition) is 4. The van der Waals surface area contributed by atoms with Gasteiger partial charge >= 0.3 is 0 Å². The molecule has 6 heteroatoms. The monoisotopic (exact) mass is 261 g/mol. The van der Waals surface area contributed by atoms with E-state index in [2.05, 4.69) is 4.72 Å². The lowest BCUT2D eigenvalue weighted by Gasteiger charge is -2.11. The Balaban J connectivity index is 2.84. The molecular weight excluding hydrogens is 246 g/mol. The first-order valence-corrected chi connectivity index (χ1v) is 7.46. The van der Waals surface area contributed by atoms with Crippen molar-refractivity contribution in [3.05, 3.63) is 21.9 Å². The van der Waals surface area contributed by atoms with E-state index in [0.717, 1.165) is 5.56 Å². The van der Waals surface area contributed by atoms with E-state index in [4.69, 9.17) is 0 Å². The van der Waals surface area contributed by atoms with Crippen LogP contribution in [0.1, 0.15) is 36.2 Å². The Kier molecular flexibility index (Phi) is 4.09. The van der Waals surface area contributed by atoms with Crippen molar-refractivity contribution in [2.45, 2.75) is 32.4 Å². The second-order valence-electron chi connectivity index (χ2n) is 3.66. The Bertz CT molecular complexity index is 476. The minimum absolute atomic E-state index is 0.428. The minimum Gasteiger partial charge on any atom is -0.268 e. The summed E-state index contributed by atoms with van der Waals surface area (Å²) in [5.41, 5.74) is 1.22. The van der Waals surface area contributed by atoms with Gasteiger partial charge in [0.1, 0.15) is 0 Å². The van der Waals surface area contributed by atoms with E-state index < -0.39 is 21.2 Å². The van der Waals surface area contributed by atoms with Gasteiger partial charge in [-0.15, -0.1) is 0 Å². The smallest absolute Gasteiger partial charge is 0.265 e. The Morgan fingerprint density at radius 1 is 1.50 bits per heavy atom. The number of carbonyl (C=O) groups excluding carboxylic acids is 1. The van der Waals surface area contributed by atoms with E-state index >= 15 is 0 Å². The lowest BCUT2D eigenvalue weighted by atomic mass is 10.2. The third-order valence-electron chi connectivity index (χ3n) is 2.44. The highest BCUT2D eigenvalue weighted by atomic mass is 32.2. The zero-order valence-electron chi connectivity index (χ0n) is 9.48. The fourth-order valence-electron chi connectivity index (χ4n) is 1.10. The molecule has 0 saturated heterocycles. The van der Waals surface area contributed by atoms with Crippen LogP contribution in [0.25, 0.3) is 0 Å². The molecule has 0 aromatic carbocycles. The maximum Gasteiger partial charge on any atom is 0.265 e. The van der Waals surface area contributed by atoms with Crippen molar-refractivity contribution in [2.75, 3.05) is 0 Å². The van der Waals surface area contributed by atoms with Crippen LogP contribution in [0.3, 0.4) is 0 Å². The van der Waals surface area contributed by atoms with E-state index in [-0.39, 0.29) is 0 Å². The fourth-order valence-corrected chi connectivity index (χ4v) is 2.93. The maximum absolute atomic E-state index is 11.7. The van der Waals surface area contributed by atoms with E-state index in [1.807, 2.05) is 5.38 Å². The van der Waals surface area contributed by atoms with Gasteiger partial charge in [0.15, 0.2) is 0 Å². The minimum atomic E-state index is -3.55. The SMILES string of the molecule is CCC(C)S(=O)(=O)NC(=O)c1cscc1C. The Morgan fingerprint density at radius 3 is 2.56 bits per heavy atom. The van der Waals surface area contributed by atoms with Crippen LogP contribution in [0.2, 0.25) is 0 Å². The highest BCUT2D eigenvalue weighted by Crippen LogP contribution is 2.14. The lowest BCUT2D eigenvalue weighted by molar-refractivity contribution is 0.0981. The van der Waals surface area contributed by atoms with Crippen molar-refractivity contribution in [3.63, 3.8) is 0 Å². The number of carbonyl (C=O) groups is 1. The quantitative estimate of drug-likeness (QED) is 0.900. The van der Waals surface area contributed by atoms with Crippen LogP contribution >= 0.6 is 11.3 Å². The summed E-state index contributed by atoms with van der Waals surface area (Å²) >= 11 is 1.38. The van der Waals surface area contributed by atoms with Gasteiger partial charge < -0.3 is 0 Å². The van der Waals surface area contributed by atoms with E-state index in [9.17, 15) is 13.2 Å². The first-order chi connectivity index (χ1) is 7.38. The summed E-state index contributed by atoms with van der Waals surface area (Å²) in [4.78, 5) is 11.7. The number of nitrogens with one attached hydrogen (secondary N) is 1. The Morgan fingerprint density at radius 2 is 2.12 bits per heavy atom. The average molecular weight is 261 g/mol. The van der Waals surface area contributed by atoms with Crippen LogP contribution in [0.4, 0.5) is 0 Å². The van der Waals surface area contributed by atoms with Gasteiger partial charge in [-0.1, -0.05) is 6.92 Å². The summed E-state index contributed by atoms with van der Waals surface area (Å²) in [6.45, 7) is 5.13. The molecule has 0 spiro atoms. The fraction of sp³-hybridized carbons (Fsp3) is 0.500. The topological polar surface area (TPSA) is 63.2 Å². The van der Waals surface area contributed by atoms with Crippen molar-refractivity contribution in [3.8, 4) is 0 Å². The first kappa shape index (κ1) is 13.2. The normalized spacial score (nSPS) is 13.4. The lowest BCUT2D eigenvalue weighted by Crippen LogP contribution is -2.36. The Hall–Kier alpha value is -0.880. The summed E-state index contributed by atoms with van der Waals surface area (Å²) in [5.74, 6) is -0.543. The maximum atomic E-state index is 11.7. The summed E-state index contributed by atoms with van der Waals surface area (Å²) in [5, 5.41) is 2.90. The molecule has 1 aromatic heterocycles. The molecule has 0 radical (unpaired) electrons. The number of hydrogen-bond donors (Lipinski definition) is 1. The molecule has 0 saturated carbocycles. The van der Waals surface area contributed by atoms with Gasteiger partial charge in [-0.2, -0.15) is 11.3 Å². The number of amides is 1. The second kappa shape index (κ2) is 4.97. The standard InChI is InChI=1S/C10H15NO3S2/c1-4-8(3)16(13,14)11-10(12)9-6-15-5-7(9)2/h5-6,8H,4H2,1-3H3,(H,11,12). The molecule has 0 aliphatic carbocycles. The van der Waals surface area contributed by atoms with Crippen molar-refractivity contribution in [2.24, 2.45) is 0 Å². The first-order valence-electron chi connectivity index (χ1n) is 4.97. The molecule has 1 N–H and O–H groups in total. The third kappa shape index (κ3) is 2.82. The highest BCUT2D eigenvalue weighted by molar-refractivity contribution is 7.90. The zero-order chi connectivity index (χ0) is 12.3. The van der Waals surface area contributed by atoms with Crippen LogP contribution in [0.15, 0.2) is 10.8 Å². The van der Waals surface area contributed by atoms with Gasteiger partial charge in [-0.3, -0.25) is 4.79 Å². The molecule has 0 aliphatic heterocycles. The number of aryl methyl sites for hydroxylation is 1. The van der Waals surface area contributed by atoms with Gasteiger partial charge in [0.2, 0.25) is 10.0 Å². The van der Waals surface area contributed by atoms with Crippen LogP contribution in [-0.4, -0.2) is 19.6 Å². The molecule has 90 valence electrons. The molecule has 16 heavy (non-hydrogen) atoms. The van der Waals surface area contributed by atoms with E-state index in [1.165, 1.54) is 11.3 Å². The van der Waals surface area contributed by atoms with Crippen molar-refractivity contribution in [1.29, 1.82) is 0 Å². The van der Waals surface area contributed by atoms with Gasteiger partial charge in [-0.05, 0) is 31.2 Å². The third-order valence-corrected chi connectivity index (χ3v) is 5.16. The van der Waals surface area contributed by atoms with Crippen molar-refractivity contribution >= 4 is 27.3 Å². The van der Waals surface area contributed by atoms with Crippen LogP contribution in [0, 0.1) is 6.92 Å². The largest absolute Gasteiger partial charge is 0.268 e. The molecular formula is C10H15NO3S2. The summed E-state index contributed by atoms with van der Waals surface area (Å²) in [6.07, 6.45) is 0.477. The number of rotatable bonds is 4. The Labute approximate surface area is 99.7 Å². The predicted molar refractivity (Wildman–Crippen MR) is 65.2 cm³/mol. The molecule has 0 aliphatic rings. The molecule has 1 unspecified atom stereocenters. The molecule has 1 rings (SSSR count). The molecule has 0 bridgehead atoms. The van der Waals surface area contributed by atoms with Crippen LogP contribution in [-0.2, 0) is 10.0 Å². The highest BCUT2D eigenvalue weighted by Gasteiger charge is 2.22. The number of thiophene rings is 1. The van der Waals surface area contributed by atoms with Gasteiger partial charge in [0.25, 0.3) is 5.91 Å². The number of sulfonamides is 1. The van der Waals surface area contributed by atoms with E-state index in [0.29, 0.717) is 12.0 Å². The molecule has 1 amide bonds. The van der Waals surface area contributed by atoms with Gasteiger partial charge in [0, 0.05) is 5.38 Å². The van der Waals surface area contributed by atoms with Crippen molar-refractivity contribution in [1.82, 2.24) is 4.72 Å². The molecule has 1 atom stereocenters. The summed E-state index contributed by atoms with van der Waals surface area (Å²) in [6, 6.07) is 0. The van der Waals surface area contributed by atoms with Crippen molar-refractivity contribution < 1.29 is 13.2 Å². The summed E-state index contributed by atoms with van der Waals surface area (Å²) < 4.78 is 25.4. The average Bonchev–Trinajstić information content (AvgIpc) is 2.62. The molecule has 1 heterocycles.